The quantitative estimate of drug-likeness (QED) is 0.719. The summed E-state index contributed by atoms with van der Waals surface area (Å²) in [6.07, 6.45) is 0.886. The maximum atomic E-state index is 12.6. The lowest BCUT2D eigenvalue weighted by atomic mass is 10.1. The first kappa shape index (κ1) is 14.9. The fourth-order valence-corrected chi connectivity index (χ4v) is 3.57. The molecule has 0 spiro atoms. The molecule has 0 bridgehead atoms. The molecule has 0 aliphatic carbocycles. The number of carbonyl (C=O) groups is 1. The van der Waals surface area contributed by atoms with Crippen molar-refractivity contribution in [3.63, 3.8) is 0 Å². The number of nitrogens with one attached hydrogen (secondary N) is 2. The predicted octanol–water partition coefficient (Wildman–Crippen LogP) is 4.73. The topological polar surface area (TPSA) is 44.9 Å². The van der Waals surface area contributed by atoms with Gasteiger partial charge < -0.3 is 10.3 Å². The first-order chi connectivity index (χ1) is 10.6. The molecule has 2 heterocycles. The van der Waals surface area contributed by atoms with Crippen molar-refractivity contribution in [1.82, 2.24) is 10.3 Å². The third-order valence-electron chi connectivity index (χ3n) is 4.17. The molecule has 0 saturated heterocycles. The van der Waals surface area contributed by atoms with Crippen LogP contribution in [0.1, 0.15) is 45.9 Å². The van der Waals surface area contributed by atoms with Crippen molar-refractivity contribution < 1.29 is 4.79 Å². The van der Waals surface area contributed by atoms with Crippen LogP contribution in [0.2, 0.25) is 0 Å². The fraction of sp³-hybridized carbons (Fsp3) is 0.278. The van der Waals surface area contributed by atoms with Crippen LogP contribution < -0.4 is 5.32 Å². The molecule has 3 aromatic rings. The van der Waals surface area contributed by atoms with Crippen LogP contribution in [0, 0.1) is 13.8 Å². The number of aryl methyl sites for hydroxylation is 2. The second-order valence-corrected chi connectivity index (χ2v) is 6.56. The van der Waals surface area contributed by atoms with E-state index in [0.717, 1.165) is 23.0 Å². The van der Waals surface area contributed by atoms with Gasteiger partial charge in [0.15, 0.2) is 0 Å². The molecule has 0 aliphatic heterocycles. The van der Waals surface area contributed by atoms with E-state index in [-0.39, 0.29) is 11.9 Å². The zero-order chi connectivity index (χ0) is 15.7. The SMILES string of the molecule is CC[C@H](NC(=O)c1ccc2[nH]c(C)c(C)c2c1)c1cccs1. The summed E-state index contributed by atoms with van der Waals surface area (Å²) < 4.78 is 0. The standard InChI is InChI=1S/C18H20N2OS/c1-4-15(17-6-5-9-22-17)20-18(21)13-7-8-16-14(10-13)11(2)12(3)19-16/h5-10,15,19H,4H2,1-3H3,(H,20,21)/t15-/m0/s1. The molecule has 114 valence electrons. The molecule has 3 rings (SSSR count). The first-order valence-electron chi connectivity index (χ1n) is 7.53. The molecule has 1 amide bonds. The monoisotopic (exact) mass is 312 g/mol. The third kappa shape index (κ3) is 2.66. The van der Waals surface area contributed by atoms with Crippen molar-refractivity contribution in [2.45, 2.75) is 33.2 Å². The Hall–Kier alpha value is -2.07. The normalized spacial score (nSPS) is 12.5. The highest BCUT2D eigenvalue weighted by atomic mass is 32.1. The van der Waals surface area contributed by atoms with Crippen LogP contribution in [-0.4, -0.2) is 10.9 Å². The maximum absolute atomic E-state index is 12.6. The van der Waals surface area contributed by atoms with E-state index in [1.54, 1.807) is 11.3 Å². The Balaban J connectivity index is 1.87. The van der Waals surface area contributed by atoms with Gasteiger partial charge in [0.2, 0.25) is 0 Å². The number of amides is 1. The number of H-pyrrole nitrogens is 1. The molecule has 0 saturated carbocycles. The van der Waals surface area contributed by atoms with Gasteiger partial charge in [0.1, 0.15) is 0 Å². The zero-order valence-electron chi connectivity index (χ0n) is 13.1. The van der Waals surface area contributed by atoms with E-state index in [0.29, 0.717) is 5.56 Å². The predicted molar refractivity (Wildman–Crippen MR) is 92.6 cm³/mol. The van der Waals surface area contributed by atoms with Gasteiger partial charge in [-0.25, -0.2) is 0 Å². The van der Waals surface area contributed by atoms with Crippen LogP contribution in [0.5, 0.6) is 0 Å². The van der Waals surface area contributed by atoms with Crippen molar-refractivity contribution in [3.8, 4) is 0 Å². The summed E-state index contributed by atoms with van der Waals surface area (Å²) in [5.41, 5.74) is 4.15. The van der Waals surface area contributed by atoms with Crippen molar-refractivity contribution in [2.75, 3.05) is 0 Å². The number of aromatic amines is 1. The number of aromatic nitrogens is 1. The lowest BCUT2D eigenvalue weighted by molar-refractivity contribution is 0.0936. The molecular formula is C18H20N2OS. The van der Waals surface area contributed by atoms with Gasteiger partial charge in [0, 0.05) is 27.0 Å². The summed E-state index contributed by atoms with van der Waals surface area (Å²) in [5.74, 6) is -0.0135. The van der Waals surface area contributed by atoms with Crippen LogP contribution in [0.4, 0.5) is 0 Å². The van der Waals surface area contributed by atoms with Gasteiger partial charge in [-0.3, -0.25) is 4.79 Å². The van der Waals surface area contributed by atoms with Crippen LogP contribution in [0.15, 0.2) is 35.7 Å². The lowest BCUT2D eigenvalue weighted by Gasteiger charge is -2.15. The van der Waals surface area contributed by atoms with Gasteiger partial charge in [-0.1, -0.05) is 13.0 Å². The van der Waals surface area contributed by atoms with Gasteiger partial charge >= 0.3 is 0 Å². The van der Waals surface area contributed by atoms with E-state index in [1.807, 2.05) is 29.6 Å². The second-order valence-electron chi connectivity index (χ2n) is 5.59. The van der Waals surface area contributed by atoms with Crippen LogP contribution in [-0.2, 0) is 0 Å². The fourth-order valence-electron chi connectivity index (χ4n) is 2.71. The molecule has 3 nitrogen and oxygen atoms in total. The molecular weight excluding hydrogens is 292 g/mol. The van der Waals surface area contributed by atoms with Crippen LogP contribution >= 0.6 is 11.3 Å². The Morgan fingerprint density at radius 3 is 2.82 bits per heavy atom. The molecule has 0 fully saturated rings. The third-order valence-corrected chi connectivity index (χ3v) is 5.16. The van der Waals surface area contributed by atoms with E-state index in [9.17, 15) is 4.79 Å². The first-order valence-corrected chi connectivity index (χ1v) is 8.41. The lowest BCUT2D eigenvalue weighted by Crippen LogP contribution is -2.27. The largest absolute Gasteiger partial charge is 0.358 e. The van der Waals surface area contributed by atoms with E-state index in [4.69, 9.17) is 0 Å². The van der Waals surface area contributed by atoms with E-state index in [2.05, 4.69) is 37.1 Å². The smallest absolute Gasteiger partial charge is 0.251 e. The number of carbonyl (C=O) groups excluding carboxylic acids is 1. The van der Waals surface area contributed by atoms with Gasteiger partial charge in [-0.2, -0.15) is 0 Å². The summed E-state index contributed by atoms with van der Waals surface area (Å²) in [7, 11) is 0. The minimum absolute atomic E-state index is 0.0135. The average Bonchev–Trinajstić information content (AvgIpc) is 3.14. The van der Waals surface area contributed by atoms with Crippen LogP contribution in [0.25, 0.3) is 10.9 Å². The molecule has 1 atom stereocenters. The molecule has 2 aromatic heterocycles. The van der Waals surface area contributed by atoms with E-state index >= 15 is 0 Å². The molecule has 2 N–H and O–H groups in total. The highest BCUT2D eigenvalue weighted by Crippen LogP contribution is 2.24. The van der Waals surface area contributed by atoms with Crippen molar-refractivity contribution in [1.29, 1.82) is 0 Å². The molecule has 0 radical (unpaired) electrons. The molecule has 0 aliphatic rings. The van der Waals surface area contributed by atoms with Gasteiger partial charge in [-0.05, 0) is 55.5 Å². The Morgan fingerprint density at radius 1 is 1.32 bits per heavy atom. The number of thiophene rings is 1. The maximum Gasteiger partial charge on any atom is 0.251 e. The molecule has 0 unspecified atom stereocenters. The highest BCUT2D eigenvalue weighted by Gasteiger charge is 2.16. The van der Waals surface area contributed by atoms with Gasteiger partial charge in [0.25, 0.3) is 5.91 Å². The number of hydrogen-bond acceptors (Lipinski definition) is 2. The molecule has 1 aromatic carbocycles. The number of benzene rings is 1. The summed E-state index contributed by atoms with van der Waals surface area (Å²) >= 11 is 1.68. The average molecular weight is 312 g/mol. The highest BCUT2D eigenvalue weighted by molar-refractivity contribution is 7.10. The minimum Gasteiger partial charge on any atom is -0.358 e. The van der Waals surface area contributed by atoms with E-state index < -0.39 is 0 Å². The summed E-state index contributed by atoms with van der Waals surface area (Å²) in [5, 5.41) is 6.30. The van der Waals surface area contributed by atoms with Crippen molar-refractivity contribution in [3.05, 3.63) is 57.4 Å². The number of rotatable bonds is 4. The van der Waals surface area contributed by atoms with Gasteiger partial charge in [0.05, 0.1) is 6.04 Å². The second kappa shape index (κ2) is 5.97. The van der Waals surface area contributed by atoms with E-state index in [1.165, 1.54) is 10.4 Å². The minimum atomic E-state index is -0.0135. The number of fused-ring (bicyclic) bond motifs is 1. The molecule has 22 heavy (non-hydrogen) atoms. The van der Waals surface area contributed by atoms with Crippen molar-refractivity contribution in [2.24, 2.45) is 0 Å². The molecule has 4 heteroatoms. The van der Waals surface area contributed by atoms with Crippen LogP contribution in [0.3, 0.4) is 0 Å². The summed E-state index contributed by atoms with van der Waals surface area (Å²) in [6, 6.07) is 10.0. The number of hydrogen-bond donors (Lipinski definition) is 2. The Labute approximate surface area is 134 Å². The van der Waals surface area contributed by atoms with Gasteiger partial charge in [-0.15, -0.1) is 11.3 Å². The summed E-state index contributed by atoms with van der Waals surface area (Å²) in [6.45, 7) is 6.23. The summed E-state index contributed by atoms with van der Waals surface area (Å²) in [4.78, 5) is 17.1. The van der Waals surface area contributed by atoms with Crippen molar-refractivity contribution >= 4 is 28.1 Å². The Morgan fingerprint density at radius 2 is 2.14 bits per heavy atom. The Kier molecular flexibility index (Phi) is 4.03. The Bertz CT molecular complexity index is 802. The zero-order valence-corrected chi connectivity index (χ0v) is 13.9.